The van der Waals surface area contributed by atoms with Crippen molar-refractivity contribution in [2.24, 2.45) is 5.10 Å². The van der Waals surface area contributed by atoms with Gasteiger partial charge in [-0.05, 0) is 31.5 Å². The van der Waals surface area contributed by atoms with Gasteiger partial charge in [0.15, 0.2) is 0 Å². The van der Waals surface area contributed by atoms with E-state index < -0.39 is 17.2 Å². The summed E-state index contributed by atoms with van der Waals surface area (Å²) >= 11 is 0. The Kier molecular flexibility index (Phi) is 6.21. The molecule has 25 heavy (non-hydrogen) atoms. The monoisotopic (exact) mass is 344 g/mol. The highest BCUT2D eigenvalue weighted by Gasteiger charge is 2.08. The number of carbonyl (C=O) groups excluding carboxylic acids is 1. The Balaban J connectivity index is 1.92. The fourth-order valence-electron chi connectivity index (χ4n) is 2.22. The van der Waals surface area contributed by atoms with E-state index in [0.29, 0.717) is 0 Å². The molecule has 0 spiro atoms. The molecule has 3 N–H and O–H groups in total. The molecule has 1 heterocycles. The van der Waals surface area contributed by atoms with Gasteiger partial charge in [-0.2, -0.15) is 10.2 Å². The molecule has 0 bridgehead atoms. The van der Waals surface area contributed by atoms with Crippen molar-refractivity contribution in [3.8, 4) is 0 Å². The Morgan fingerprint density at radius 1 is 1.24 bits per heavy atom. The van der Waals surface area contributed by atoms with Gasteiger partial charge < -0.3 is 4.90 Å². The fraction of sp³-hybridized carbons (Fsp3) is 0.312. The van der Waals surface area contributed by atoms with Gasteiger partial charge in [-0.1, -0.05) is 12.1 Å². The Hall–Kier alpha value is -3.23. The van der Waals surface area contributed by atoms with Crippen LogP contribution in [0.15, 0.2) is 39.0 Å². The van der Waals surface area contributed by atoms with Gasteiger partial charge >= 0.3 is 5.69 Å². The second kappa shape index (κ2) is 8.57. The van der Waals surface area contributed by atoms with Crippen molar-refractivity contribution >= 4 is 17.8 Å². The molecule has 2 aromatic rings. The van der Waals surface area contributed by atoms with E-state index in [0.717, 1.165) is 24.3 Å². The van der Waals surface area contributed by atoms with E-state index in [-0.39, 0.29) is 12.1 Å². The zero-order valence-corrected chi connectivity index (χ0v) is 14.1. The van der Waals surface area contributed by atoms with E-state index in [1.165, 1.54) is 6.21 Å². The van der Waals surface area contributed by atoms with Crippen LogP contribution < -0.4 is 21.6 Å². The predicted molar refractivity (Wildman–Crippen MR) is 94.9 cm³/mol. The average Bonchev–Trinajstić information content (AvgIpc) is 2.60. The first kappa shape index (κ1) is 18.1. The zero-order valence-electron chi connectivity index (χ0n) is 14.1. The largest absolute Gasteiger partial charge is 0.372 e. The van der Waals surface area contributed by atoms with Crippen LogP contribution in [0.25, 0.3) is 0 Å². The number of hydrazone groups is 1. The SMILES string of the molecule is CCN(CC)c1ccc(C=NNC(=O)Cc2n[nH]c(=O)[nH]c2=O)cc1. The first-order valence-electron chi connectivity index (χ1n) is 7.88. The van der Waals surface area contributed by atoms with Crippen molar-refractivity contribution < 1.29 is 4.79 Å². The molecular weight excluding hydrogens is 324 g/mol. The number of benzene rings is 1. The molecule has 2 rings (SSSR count). The molecule has 0 fully saturated rings. The van der Waals surface area contributed by atoms with E-state index in [4.69, 9.17) is 0 Å². The smallest absolute Gasteiger partial charge is 0.342 e. The lowest BCUT2D eigenvalue weighted by molar-refractivity contribution is -0.120. The van der Waals surface area contributed by atoms with Crippen LogP contribution in [0.5, 0.6) is 0 Å². The summed E-state index contributed by atoms with van der Waals surface area (Å²) in [4.78, 5) is 38.3. The Morgan fingerprint density at radius 3 is 2.52 bits per heavy atom. The Labute approximate surface area is 143 Å². The van der Waals surface area contributed by atoms with Gasteiger partial charge in [-0.15, -0.1) is 0 Å². The standard InChI is InChI=1S/C16H20N6O3/c1-3-22(4-2)12-7-5-11(6-8-12)10-17-20-14(23)9-13-15(24)18-16(25)21-19-13/h5-8,10H,3-4,9H2,1-2H3,(H,20,23)(H2,18,21,24,25). The van der Waals surface area contributed by atoms with Gasteiger partial charge in [0.1, 0.15) is 5.69 Å². The second-order valence-corrected chi connectivity index (χ2v) is 5.19. The number of anilines is 1. The van der Waals surface area contributed by atoms with Crippen molar-refractivity contribution in [1.82, 2.24) is 20.6 Å². The minimum absolute atomic E-state index is 0.0872. The van der Waals surface area contributed by atoms with E-state index in [9.17, 15) is 14.4 Å². The number of amides is 1. The van der Waals surface area contributed by atoms with Gasteiger partial charge in [-0.3, -0.25) is 14.6 Å². The summed E-state index contributed by atoms with van der Waals surface area (Å²) in [5.41, 5.74) is 2.76. The summed E-state index contributed by atoms with van der Waals surface area (Å²) in [5, 5.41) is 9.45. The van der Waals surface area contributed by atoms with Crippen molar-refractivity contribution in [2.45, 2.75) is 20.3 Å². The molecule has 0 aliphatic rings. The molecule has 0 saturated carbocycles. The van der Waals surface area contributed by atoms with Gasteiger partial charge in [0, 0.05) is 18.8 Å². The summed E-state index contributed by atoms with van der Waals surface area (Å²) in [7, 11) is 0. The van der Waals surface area contributed by atoms with Gasteiger partial charge in [0.25, 0.3) is 5.56 Å². The second-order valence-electron chi connectivity index (χ2n) is 5.19. The van der Waals surface area contributed by atoms with Crippen molar-refractivity contribution in [3.63, 3.8) is 0 Å². The number of nitrogens with one attached hydrogen (secondary N) is 3. The lowest BCUT2D eigenvalue weighted by atomic mass is 10.2. The zero-order chi connectivity index (χ0) is 18.2. The molecule has 0 radical (unpaired) electrons. The Morgan fingerprint density at radius 2 is 1.92 bits per heavy atom. The van der Waals surface area contributed by atoms with E-state index in [1.54, 1.807) is 0 Å². The average molecular weight is 344 g/mol. The van der Waals surface area contributed by atoms with Crippen LogP contribution in [0.2, 0.25) is 0 Å². The molecule has 9 nitrogen and oxygen atoms in total. The normalized spacial score (nSPS) is 10.8. The number of carbonyl (C=O) groups is 1. The molecule has 1 aromatic heterocycles. The maximum atomic E-state index is 11.7. The molecule has 1 aromatic carbocycles. The minimum atomic E-state index is -0.722. The molecule has 132 valence electrons. The number of nitrogens with zero attached hydrogens (tertiary/aromatic N) is 3. The van der Waals surface area contributed by atoms with Crippen LogP contribution in [0.1, 0.15) is 25.1 Å². The summed E-state index contributed by atoms with van der Waals surface area (Å²) < 4.78 is 0. The summed E-state index contributed by atoms with van der Waals surface area (Å²) in [6, 6.07) is 7.77. The van der Waals surface area contributed by atoms with E-state index in [2.05, 4.69) is 39.5 Å². The first-order valence-corrected chi connectivity index (χ1v) is 7.88. The summed E-state index contributed by atoms with van der Waals surface area (Å²) in [6.07, 6.45) is 1.22. The number of hydrogen-bond donors (Lipinski definition) is 3. The number of H-pyrrole nitrogens is 2. The van der Waals surface area contributed by atoms with Crippen molar-refractivity contribution in [1.29, 1.82) is 0 Å². The topological polar surface area (TPSA) is 123 Å². The predicted octanol–water partition coefficient (Wildman–Crippen LogP) is -0.00280. The first-order chi connectivity index (χ1) is 12.0. The van der Waals surface area contributed by atoms with E-state index >= 15 is 0 Å². The summed E-state index contributed by atoms with van der Waals surface area (Å²) in [5.74, 6) is -0.513. The molecule has 1 amide bonds. The molecular formula is C16H20N6O3. The van der Waals surface area contributed by atoms with Crippen LogP contribution in [-0.4, -0.2) is 40.4 Å². The number of aromatic nitrogens is 3. The van der Waals surface area contributed by atoms with Crippen molar-refractivity contribution in [2.75, 3.05) is 18.0 Å². The number of rotatable bonds is 7. The molecule has 9 heteroatoms. The van der Waals surface area contributed by atoms with Crippen LogP contribution in [0, 0.1) is 0 Å². The lowest BCUT2D eigenvalue weighted by Crippen LogP contribution is -2.31. The van der Waals surface area contributed by atoms with E-state index in [1.807, 2.05) is 29.2 Å². The highest BCUT2D eigenvalue weighted by molar-refractivity contribution is 5.83. The lowest BCUT2D eigenvalue weighted by Gasteiger charge is -2.20. The third-order valence-corrected chi connectivity index (χ3v) is 3.53. The highest BCUT2D eigenvalue weighted by Crippen LogP contribution is 2.13. The molecule has 0 aliphatic carbocycles. The van der Waals surface area contributed by atoms with Crippen LogP contribution >= 0.6 is 0 Å². The minimum Gasteiger partial charge on any atom is -0.372 e. The molecule has 0 unspecified atom stereocenters. The van der Waals surface area contributed by atoms with Crippen LogP contribution in [0.3, 0.4) is 0 Å². The molecule has 0 atom stereocenters. The van der Waals surface area contributed by atoms with Gasteiger partial charge in [0.2, 0.25) is 5.91 Å². The fourth-order valence-corrected chi connectivity index (χ4v) is 2.22. The maximum Gasteiger partial charge on any atom is 0.342 e. The van der Waals surface area contributed by atoms with Gasteiger partial charge in [0.05, 0.1) is 12.6 Å². The maximum absolute atomic E-state index is 11.7. The molecule has 0 saturated heterocycles. The molecule has 0 aliphatic heterocycles. The highest BCUT2D eigenvalue weighted by atomic mass is 16.2. The van der Waals surface area contributed by atoms with Crippen molar-refractivity contribution in [3.05, 3.63) is 56.4 Å². The third kappa shape index (κ3) is 5.13. The third-order valence-electron chi connectivity index (χ3n) is 3.53. The van der Waals surface area contributed by atoms with Crippen LogP contribution in [0.4, 0.5) is 5.69 Å². The van der Waals surface area contributed by atoms with Crippen LogP contribution in [-0.2, 0) is 11.2 Å². The number of aromatic amines is 2. The van der Waals surface area contributed by atoms with Gasteiger partial charge in [-0.25, -0.2) is 15.3 Å². The Bertz CT molecular complexity index is 849. The number of hydrogen-bond acceptors (Lipinski definition) is 6. The summed E-state index contributed by atoms with van der Waals surface area (Å²) in [6.45, 7) is 6.04. The quantitative estimate of drug-likeness (QED) is 0.482.